The molecule has 0 bridgehead atoms. The van der Waals surface area contributed by atoms with Crippen molar-refractivity contribution in [2.45, 2.75) is 19.9 Å². The Morgan fingerprint density at radius 1 is 1.39 bits per heavy atom. The second-order valence-electron chi connectivity index (χ2n) is 4.72. The second kappa shape index (κ2) is 6.25. The maximum atomic E-state index is 13.6. The third kappa shape index (κ3) is 3.50. The summed E-state index contributed by atoms with van der Waals surface area (Å²) in [6.45, 7) is 5.76. The minimum absolute atomic E-state index is 0.0626. The van der Waals surface area contributed by atoms with Crippen LogP contribution in [0.25, 0.3) is 0 Å². The van der Waals surface area contributed by atoms with Gasteiger partial charge in [0.2, 0.25) is 0 Å². The predicted molar refractivity (Wildman–Crippen MR) is 76.9 cm³/mol. The summed E-state index contributed by atoms with van der Waals surface area (Å²) in [5.41, 5.74) is 7.14. The molecule has 18 heavy (non-hydrogen) atoms. The van der Waals surface area contributed by atoms with Gasteiger partial charge in [0.1, 0.15) is 5.82 Å². The number of nitrogens with zero attached hydrogens (tertiary/aromatic N) is 2. The molecule has 1 atom stereocenters. The molecule has 0 fully saturated rings. The van der Waals surface area contributed by atoms with E-state index in [1.165, 1.54) is 12.1 Å². The van der Waals surface area contributed by atoms with Crippen LogP contribution < -0.4 is 10.6 Å². The van der Waals surface area contributed by atoms with Gasteiger partial charge in [-0.2, -0.15) is 0 Å². The van der Waals surface area contributed by atoms with E-state index in [1.54, 1.807) is 0 Å². The highest BCUT2D eigenvalue weighted by molar-refractivity contribution is 6.31. The Labute approximate surface area is 113 Å². The first-order valence-corrected chi connectivity index (χ1v) is 6.40. The molecule has 1 rings (SSSR count). The van der Waals surface area contributed by atoms with Crippen LogP contribution in [-0.2, 0) is 0 Å². The van der Waals surface area contributed by atoms with E-state index < -0.39 is 5.82 Å². The fourth-order valence-corrected chi connectivity index (χ4v) is 2.32. The van der Waals surface area contributed by atoms with E-state index in [2.05, 4.69) is 16.7 Å². The van der Waals surface area contributed by atoms with Crippen molar-refractivity contribution in [2.75, 3.05) is 37.8 Å². The molecule has 0 heterocycles. The maximum Gasteiger partial charge on any atom is 0.144 e. The molecule has 0 aliphatic rings. The van der Waals surface area contributed by atoms with Crippen molar-refractivity contribution < 1.29 is 4.39 Å². The van der Waals surface area contributed by atoms with Gasteiger partial charge in [-0.05, 0) is 34.0 Å². The molecule has 0 aliphatic carbocycles. The molecule has 5 heteroatoms. The molecule has 1 aromatic carbocycles. The van der Waals surface area contributed by atoms with Crippen molar-refractivity contribution in [3.05, 3.63) is 23.0 Å². The van der Waals surface area contributed by atoms with E-state index in [0.717, 1.165) is 13.1 Å². The highest BCUT2D eigenvalue weighted by Gasteiger charge is 2.17. The zero-order valence-corrected chi connectivity index (χ0v) is 12.1. The monoisotopic (exact) mass is 273 g/mol. The first-order chi connectivity index (χ1) is 8.36. The van der Waals surface area contributed by atoms with Crippen molar-refractivity contribution in [1.82, 2.24) is 4.90 Å². The quantitative estimate of drug-likeness (QED) is 0.838. The summed E-state index contributed by atoms with van der Waals surface area (Å²) in [5, 5.41) is 0.0626. The molecule has 0 saturated heterocycles. The van der Waals surface area contributed by atoms with E-state index in [1.807, 2.05) is 21.0 Å². The molecule has 0 amide bonds. The summed E-state index contributed by atoms with van der Waals surface area (Å²) < 4.78 is 13.6. The lowest BCUT2D eigenvalue weighted by molar-refractivity contribution is 0.373. The molecule has 3 nitrogen and oxygen atoms in total. The zero-order chi connectivity index (χ0) is 13.9. The topological polar surface area (TPSA) is 32.5 Å². The number of halogens is 2. The molecule has 1 unspecified atom stereocenters. The van der Waals surface area contributed by atoms with Gasteiger partial charge in [0.05, 0.1) is 16.4 Å². The highest BCUT2D eigenvalue weighted by atomic mass is 35.5. The Balaban J connectivity index is 3.05. The molecule has 0 saturated carbocycles. The number of likely N-dealkylation sites (N-methyl/N-ethyl adjacent to an activating group) is 2. The zero-order valence-electron chi connectivity index (χ0n) is 11.4. The van der Waals surface area contributed by atoms with Gasteiger partial charge in [-0.25, -0.2) is 4.39 Å². The summed E-state index contributed by atoms with van der Waals surface area (Å²) in [4.78, 5) is 4.17. The summed E-state index contributed by atoms with van der Waals surface area (Å²) in [6, 6.07) is 3.12. The van der Waals surface area contributed by atoms with Crippen LogP contribution in [0.4, 0.5) is 15.8 Å². The summed E-state index contributed by atoms with van der Waals surface area (Å²) >= 11 is 5.72. The van der Waals surface area contributed by atoms with Gasteiger partial charge in [0.15, 0.2) is 0 Å². The maximum absolute atomic E-state index is 13.6. The van der Waals surface area contributed by atoms with Gasteiger partial charge in [-0.15, -0.1) is 0 Å². The minimum Gasteiger partial charge on any atom is -0.397 e. The van der Waals surface area contributed by atoms with E-state index in [9.17, 15) is 4.39 Å². The first-order valence-electron chi connectivity index (χ1n) is 6.02. The summed E-state index contributed by atoms with van der Waals surface area (Å²) in [5.74, 6) is -0.434. The average Bonchev–Trinajstić information content (AvgIpc) is 2.25. The number of nitrogens with two attached hydrogens (primary N) is 1. The van der Waals surface area contributed by atoms with Gasteiger partial charge in [0.25, 0.3) is 0 Å². The van der Waals surface area contributed by atoms with Crippen LogP contribution in [0.2, 0.25) is 5.02 Å². The lowest BCUT2D eigenvalue weighted by atomic mass is 10.2. The Morgan fingerprint density at radius 3 is 2.50 bits per heavy atom. The van der Waals surface area contributed by atoms with Crippen LogP contribution in [0.15, 0.2) is 12.1 Å². The van der Waals surface area contributed by atoms with E-state index in [-0.39, 0.29) is 11.1 Å². The second-order valence-corrected chi connectivity index (χ2v) is 5.13. The summed E-state index contributed by atoms with van der Waals surface area (Å²) in [6.07, 6.45) is 0. The van der Waals surface area contributed by atoms with Gasteiger partial charge in [-0.1, -0.05) is 11.6 Å². The molecule has 0 spiro atoms. The highest BCUT2D eigenvalue weighted by Crippen LogP contribution is 2.30. The van der Waals surface area contributed by atoms with Crippen molar-refractivity contribution in [3.63, 3.8) is 0 Å². The van der Waals surface area contributed by atoms with Crippen molar-refractivity contribution >= 4 is 23.0 Å². The van der Waals surface area contributed by atoms with Crippen LogP contribution >= 0.6 is 11.6 Å². The smallest absolute Gasteiger partial charge is 0.144 e. The molecule has 0 radical (unpaired) electrons. The normalized spacial score (nSPS) is 12.8. The lowest BCUT2D eigenvalue weighted by Gasteiger charge is -2.33. The number of rotatable bonds is 5. The molecule has 0 aliphatic heterocycles. The van der Waals surface area contributed by atoms with Crippen LogP contribution in [0.5, 0.6) is 0 Å². The van der Waals surface area contributed by atoms with E-state index in [0.29, 0.717) is 11.4 Å². The molecule has 1 aromatic rings. The van der Waals surface area contributed by atoms with Crippen LogP contribution in [0.3, 0.4) is 0 Å². The Bertz CT molecular complexity index is 409. The Morgan fingerprint density at radius 2 is 2.00 bits per heavy atom. The number of benzene rings is 1. The Hall–Kier alpha value is -1.00. The Kier molecular flexibility index (Phi) is 5.23. The van der Waals surface area contributed by atoms with Crippen molar-refractivity contribution in [3.8, 4) is 0 Å². The lowest BCUT2D eigenvalue weighted by Crippen LogP contribution is -2.40. The number of hydrogen-bond donors (Lipinski definition) is 1. The number of nitrogen functional groups attached to an aromatic ring is 1. The van der Waals surface area contributed by atoms with Gasteiger partial charge in [0, 0.05) is 25.2 Å². The van der Waals surface area contributed by atoms with Gasteiger partial charge >= 0.3 is 0 Å². The SMILES string of the molecule is CCN(c1cc(F)c(Cl)cc1N)C(C)CN(C)C. The molecular weight excluding hydrogens is 253 g/mol. The third-order valence-electron chi connectivity index (χ3n) is 2.88. The number of anilines is 2. The number of hydrogen-bond acceptors (Lipinski definition) is 3. The van der Waals surface area contributed by atoms with Crippen LogP contribution in [-0.4, -0.2) is 38.1 Å². The van der Waals surface area contributed by atoms with Crippen LogP contribution in [0.1, 0.15) is 13.8 Å². The van der Waals surface area contributed by atoms with E-state index in [4.69, 9.17) is 17.3 Å². The van der Waals surface area contributed by atoms with Crippen molar-refractivity contribution in [1.29, 1.82) is 0 Å². The van der Waals surface area contributed by atoms with Crippen molar-refractivity contribution in [2.24, 2.45) is 0 Å². The fourth-order valence-electron chi connectivity index (χ4n) is 2.15. The summed E-state index contributed by atoms with van der Waals surface area (Å²) in [7, 11) is 4.02. The molecule has 102 valence electrons. The van der Waals surface area contributed by atoms with Gasteiger partial charge in [-0.3, -0.25) is 0 Å². The predicted octanol–water partition coefficient (Wildman–Crippen LogP) is 2.84. The standard InChI is InChI=1S/C13H21ClFN3/c1-5-18(9(2)8-17(3)4)13-7-11(15)10(14)6-12(13)16/h6-7,9H,5,8,16H2,1-4H3. The molecular formula is C13H21ClFN3. The third-order valence-corrected chi connectivity index (χ3v) is 3.17. The largest absolute Gasteiger partial charge is 0.397 e. The molecule has 0 aromatic heterocycles. The minimum atomic E-state index is -0.434. The van der Waals surface area contributed by atoms with Gasteiger partial charge < -0.3 is 15.5 Å². The van der Waals surface area contributed by atoms with Crippen LogP contribution in [0, 0.1) is 5.82 Å². The fraction of sp³-hybridized carbons (Fsp3) is 0.538. The van der Waals surface area contributed by atoms with E-state index >= 15 is 0 Å². The average molecular weight is 274 g/mol. The first kappa shape index (κ1) is 15.1. The molecule has 2 N–H and O–H groups in total.